The Morgan fingerprint density at radius 1 is 1.06 bits per heavy atom. The maximum absolute atomic E-state index is 13.2. The third-order valence-electron chi connectivity index (χ3n) is 6.15. The second-order valence-electron chi connectivity index (χ2n) is 8.72. The Kier molecular flexibility index (Phi) is 8.46. The summed E-state index contributed by atoms with van der Waals surface area (Å²) in [7, 11) is 0. The number of nitrogens with one attached hydrogen (secondary N) is 2. The first kappa shape index (κ1) is 24.4. The second kappa shape index (κ2) is 12.1. The van der Waals surface area contributed by atoms with Gasteiger partial charge in [-0.1, -0.05) is 54.6 Å². The molecule has 0 aliphatic carbocycles. The monoisotopic (exact) mass is 472 g/mol. The van der Waals surface area contributed by atoms with Crippen LogP contribution in [0, 0.1) is 0 Å². The number of amides is 2. The molecule has 0 bridgehead atoms. The standard InChI is InChI=1S/C28H32N4O3/c1-21(33)31-19-24-11-7-15-30-28(24)35-26-12-6-5-10-23(26)13-14-27(34)32-17-16-29-20-25(32)18-22-8-3-2-4-9-22/h2-12,15,25,29H,13-14,16-20H2,1H3,(H,31,33). The fourth-order valence-corrected chi connectivity index (χ4v) is 4.33. The Balaban J connectivity index is 1.41. The van der Waals surface area contributed by atoms with E-state index in [1.165, 1.54) is 12.5 Å². The van der Waals surface area contributed by atoms with Gasteiger partial charge >= 0.3 is 0 Å². The Bertz CT molecular complexity index is 1140. The summed E-state index contributed by atoms with van der Waals surface area (Å²) < 4.78 is 6.15. The van der Waals surface area contributed by atoms with Crippen LogP contribution in [0.15, 0.2) is 72.9 Å². The van der Waals surface area contributed by atoms with Crippen LogP contribution in [-0.4, -0.2) is 47.4 Å². The number of hydrogen-bond acceptors (Lipinski definition) is 5. The van der Waals surface area contributed by atoms with Crippen LogP contribution in [0.3, 0.4) is 0 Å². The predicted octanol–water partition coefficient (Wildman–Crippen LogP) is 3.49. The van der Waals surface area contributed by atoms with Gasteiger partial charge in [0.1, 0.15) is 5.75 Å². The highest BCUT2D eigenvalue weighted by atomic mass is 16.5. The summed E-state index contributed by atoms with van der Waals surface area (Å²) in [4.78, 5) is 31.0. The van der Waals surface area contributed by atoms with Crippen molar-refractivity contribution in [3.8, 4) is 11.6 Å². The Morgan fingerprint density at radius 3 is 2.66 bits per heavy atom. The number of benzene rings is 2. The van der Waals surface area contributed by atoms with E-state index in [0.717, 1.165) is 37.2 Å². The molecule has 2 amide bonds. The predicted molar refractivity (Wildman–Crippen MR) is 135 cm³/mol. The largest absolute Gasteiger partial charge is 0.438 e. The Labute approximate surface area is 206 Å². The van der Waals surface area contributed by atoms with E-state index in [1.807, 2.05) is 59.5 Å². The number of carbonyl (C=O) groups is 2. The first-order valence-corrected chi connectivity index (χ1v) is 12.1. The summed E-state index contributed by atoms with van der Waals surface area (Å²) in [5.74, 6) is 1.16. The zero-order chi connectivity index (χ0) is 24.5. The lowest BCUT2D eigenvalue weighted by molar-refractivity contribution is -0.134. The molecule has 0 spiro atoms. The number of hydrogen-bond donors (Lipinski definition) is 2. The number of rotatable bonds is 9. The molecule has 1 atom stereocenters. The number of ether oxygens (including phenoxy) is 1. The molecule has 182 valence electrons. The van der Waals surface area contributed by atoms with E-state index in [4.69, 9.17) is 4.74 Å². The van der Waals surface area contributed by atoms with Crippen LogP contribution in [-0.2, 0) is 29.0 Å². The molecule has 1 aliphatic heterocycles. The molecule has 2 aromatic carbocycles. The van der Waals surface area contributed by atoms with Crippen molar-refractivity contribution in [2.45, 2.75) is 38.8 Å². The summed E-state index contributed by atoms with van der Waals surface area (Å²) in [5, 5.41) is 6.21. The highest BCUT2D eigenvalue weighted by Gasteiger charge is 2.26. The first-order valence-electron chi connectivity index (χ1n) is 12.1. The van der Waals surface area contributed by atoms with Crippen LogP contribution in [0.25, 0.3) is 0 Å². The number of piperazine rings is 1. The number of pyridine rings is 1. The normalized spacial score (nSPS) is 15.5. The summed E-state index contributed by atoms with van der Waals surface area (Å²) in [6.07, 6.45) is 3.49. The molecule has 3 aromatic rings. The van der Waals surface area contributed by atoms with Crippen molar-refractivity contribution in [2.24, 2.45) is 0 Å². The van der Waals surface area contributed by atoms with E-state index in [9.17, 15) is 9.59 Å². The minimum Gasteiger partial charge on any atom is -0.438 e. The van der Waals surface area contributed by atoms with E-state index in [2.05, 4.69) is 27.8 Å². The van der Waals surface area contributed by atoms with Gasteiger partial charge in [-0.25, -0.2) is 4.98 Å². The number of para-hydroxylation sites is 1. The molecule has 2 heterocycles. The maximum Gasteiger partial charge on any atom is 0.224 e. The van der Waals surface area contributed by atoms with Crippen molar-refractivity contribution in [3.63, 3.8) is 0 Å². The fourth-order valence-electron chi connectivity index (χ4n) is 4.33. The highest BCUT2D eigenvalue weighted by Crippen LogP contribution is 2.27. The zero-order valence-corrected chi connectivity index (χ0v) is 20.1. The molecule has 0 radical (unpaired) electrons. The van der Waals surface area contributed by atoms with Crippen molar-refractivity contribution < 1.29 is 14.3 Å². The SMILES string of the molecule is CC(=O)NCc1cccnc1Oc1ccccc1CCC(=O)N1CCNCC1Cc1ccccc1. The third-order valence-corrected chi connectivity index (χ3v) is 6.15. The smallest absolute Gasteiger partial charge is 0.224 e. The second-order valence-corrected chi connectivity index (χ2v) is 8.72. The molecular weight excluding hydrogens is 440 g/mol. The van der Waals surface area contributed by atoms with Crippen LogP contribution >= 0.6 is 0 Å². The van der Waals surface area contributed by atoms with E-state index >= 15 is 0 Å². The molecule has 7 heteroatoms. The van der Waals surface area contributed by atoms with E-state index in [0.29, 0.717) is 31.0 Å². The van der Waals surface area contributed by atoms with Crippen molar-refractivity contribution in [2.75, 3.05) is 19.6 Å². The van der Waals surface area contributed by atoms with Crippen LogP contribution in [0.2, 0.25) is 0 Å². The van der Waals surface area contributed by atoms with Crippen LogP contribution in [0.1, 0.15) is 30.0 Å². The lowest BCUT2D eigenvalue weighted by atomic mass is 10.0. The van der Waals surface area contributed by atoms with Gasteiger partial charge in [-0.15, -0.1) is 0 Å². The number of aryl methyl sites for hydroxylation is 1. The molecule has 1 aromatic heterocycles. The van der Waals surface area contributed by atoms with Crippen LogP contribution in [0.4, 0.5) is 0 Å². The van der Waals surface area contributed by atoms with Gasteiger partial charge in [0.15, 0.2) is 0 Å². The van der Waals surface area contributed by atoms with Gasteiger partial charge in [0.05, 0.1) is 0 Å². The molecule has 35 heavy (non-hydrogen) atoms. The molecule has 7 nitrogen and oxygen atoms in total. The average Bonchev–Trinajstić information content (AvgIpc) is 2.88. The third kappa shape index (κ3) is 6.90. The van der Waals surface area contributed by atoms with Gasteiger partial charge in [-0.3, -0.25) is 9.59 Å². The Morgan fingerprint density at radius 2 is 1.83 bits per heavy atom. The van der Waals surface area contributed by atoms with Gasteiger partial charge in [0, 0.05) is 57.3 Å². The Hall–Kier alpha value is -3.71. The minimum absolute atomic E-state index is 0.114. The van der Waals surface area contributed by atoms with Gasteiger partial charge in [0.25, 0.3) is 0 Å². The summed E-state index contributed by atoms with van der Waals surface area (Å²) in [6.45, 7) is 4.15. The molecule has 1 fully saturated rings. The van der Waals surface area contributed by atoms with Gasteiger partial charge in [-0.2, -0.15) is 0 Å². The van der Waals surface area contributed by atoms with Crippen molar-refractivity contribution in [3.05, 3.63) is 89.6 Å². The number of aromatic nitrogens is 1. The van der Waals surface area contributed by atoms with Crippen LogP contribution < -0.4 is 15.4 Å². The molecule has 2 N–H and O–H groups in total. The highest BCUT2D eigenvalue weighted by molar-refractivity contribution is 5.77. The van der Waals surface area contributed by atoms with Crippen molar-refractivity contribution >= 4 is 11.8 Å². The lowest BCUT2D eigenvalue weighted by Crippen LogP contribution is -2.54. The first-order chi connectivity index (χ1) is 17.1. The van der Waals surface area contributed by atoms with E-state index in [1.54, 1.807) is 6.20 Å². The molecular formula is C28H32N4O3. The molecule has 0 saturated carbocycles. The van der Waals surface area contributed by atoms with Crippen molar-refractivity contribution in [1.29, 1.82) is 0 Å². The van der Waals surface area contributed by atoms with Gasteiger partial charge in [-0.05, 0) is 36.1 Å². The van der Waals surface area contributed by atoms with E-state index in [-0.39, 0.29) is 17.9 Å². The summed E-state index contributed by atoms with van der Waals surface area (Å²) >= 11 is 0. The molecule has 1 saturated heterocycles. The molecule has 1 aliphatic rings. The minimum atomic E-state index is -0.114. The van der Waals surface area contributed by atoms with Gasteiger partial charge < -0.3 is 20.3 Å². The van der Waals surface area contributed by atoms with Crippen LogP contribution in [0.5, 0.6) is 11.6 Å². The average molecular weight is 473 g/mol. The number of nitrogens with zero attached hydrogens (tertiary/aromatic N) is 2. The fraction of sp³-hybridized carbons (Fsp3) is 0.321. The topological polar surface area (TPSA) is 83.6 Å². The summed E-state index contributed by atoms with van der Waals surface area (Å²) in [6, 6.07) is 21.9. The maximum atomic E-state index is 13.2. The molecule has 4 rings (SSSR count). The van der Waals surface area contributed by atoms with E-state index < -0.39 is 0 Å². The molecule has 1 unspecified atom stereocenters. The quantitative estimate of drug-likeness (QED) is 0.498. The van der Waals surface area contributed by atoms with Gasteiger partial charge in [0.2, 0.25) is 17.7 Å². The summed E-state index contributed by atoms with van der Waals surface area (Å²) in [5.41, 5.74) is 2.98. The zero-order valence-electron chi connectivity index (χ0n) is 20.1. The van der Waals surface area contributed by atoms with Crippen molar-refractivity contribution in [1.82, 2.24) is 20.5 Å². The number of carbonyl (C=O) groups excluding carboxylic acids is 2. The lowest BCUT2D eigenvalue weighted by Gasteiger charge is -2.36.